The summed E-state index contributed by atoms with van der Waals surface area (Å²) in [5.74, 6) is 1.12. The number of rotatable bonds is 4. The molecular weight excluding hydrogens is 282 g/mol. The molecule has 2 rings (SSSR count). The molecule has 0 aliphatic rings. The van der Waals surface area contributed by atoms with E-state index in [1.54, 1.807) is 21.9 Å². The van der Waals surface area contributed by atoms with Gasteiger partial charge in [-0.05, 0) is 12.1 Å². The van der Waals surface area contributed by atoms with Gasteiger partial charge in [0.15, 0.2) is 0 Å². The molecule has 2 aromatic rings. The van der Waals surface area contributed by atoms with E-state index in [2.05, 4.69) is 25.6 Å². The molecule has 8 nitrogen and oxygen atoms in total. The summed E-state index contributed by atoms with van der Waals surface area (Å²) in [5.41, 5.74) is 0.690. The van der Waals surface area contributed by atoms with Crippen molar-refractivity contribution in [2.45, 2.75) is 0 Å². The SMILES string of the molecule is CN(C)c1nc(NC(=O)Nc2ccccc2)nc(N(C)C)n1. The molecule has 0 fully saturated rings. The zero-order chi connectivity index (χ0) is 16.1. The van der Waals surface area contributed by atoms with Gasteiger partial charge in [-0.15, -0.1) is 0 Å². The molecule has 1 heterocycles. The van der Waals surface area contributed by atoms with Crippen molar-refractivity contribution in [1.29, 1.82) is 0 Å². The smallest absolute Gasteiger partial charge is 0.326 e. The second kappa shape index (κ2) is 6.70. The lowest BCUT2D eigenvalue weighted by Gasteiger charge is -2.16. The van der Waals surface area contributed by atoms with E-state index in [0.29, 0.717) is 17.6 Å². The van der Waals surface area contributed by atoms with Crippen molar-refractivity contribution < 1.29 is 4.79 Å². The highest BCUT2D eigenvalue weighted by atomic mass is 16.2. The van der Waals surface area contributed by atoms with Gasteiger partial charge in [0.1, 0.15) is 0 Å². The molecule has 1 aromatic heterocycles. The topological polar surface area (TPSA) is 86.3 Å². The first-order valence-corrected chi connectivity index (χ1v) is 6.69. The third-order valence-corrected chi connectivity index (χ3v) is 2.67. The Kier molecular flexibility index (Phi) is 4.72. The number of urea groups is 1. The van der Waals surface area contributed by atoms with E-state index in [1.165, 1.54) is 0 Å². The lowest BCUT2D eigenvalue weighted by Crippen LogP contribution is -2.24. The minimum Gasteiger partial charge on any atom is -0.347 e. The third kappa shape index (κ3) is 4.05. The van der Waals surface area contributed by atoms with Crippen molar-refractivity contribution in [3.8, 4) is 0 Å². The molecule has 0 bridgehead atoms. The van der Waals surface area contributed by atoms with Gasteiger partial charge in [-0.1, -0.05) is 18.2 Å². The van der Waals surface area contributed by atoms with Crippen molar-refractivity contribution in [3.05, 3.63) is 30.3 Å². The van der Waals surface area contributed by atoms with Crippen molar-refractivity contribution >= 4 is 29.6 Å². The number of nitrogens with one attached hydrogen (secondary N) is 2. The van der Waals surface area contributed by atoms with Crippen LogP contribution in [0.25, 0.3) is 0 Å². The minimum absolute atomic E-state index is 0.191. The second-order valence-electron chi connectivity index (χ2n) is 4.99. The van der Waals surface area contributed by atoms with Gasteiger partial charge in [-0.25, -0.2) is 4.79 Å². The maximum Gasteiger partial charge on any atom is 0.326 e. The van der Waals surface area contributed by atoms with Crippen molar-refractivity contribution in [2.24, 2.45) is 0 Å². The zero-order valence-electron chi connectivity index (χ0n) is 13.0. The number of amides is 2. The Morgan fingerprint density at radius 1 is 0.864 bits per heavy atom. The fourth-order valence-corrected chi connectivity index (χ4v) is 1.60. The van der Waals surface area contributed by atoms with Gasteiger partial charge < -0.3 is 15.1 Å². The molecule has 22 heavy (non-hydrogen) atoms. The average Bonchev–Trinajstić information content (AvgIpc) is 2.47. The van der Waals surface area contributed by atoms with Crippen LogP contribution in [0.15, 0.2) is 30.3 Å². The Balaban J connectivity index is 2.16. The number of hydrogen-bond acceptors (Lipinski definition) is 6. The third-order valence-electron chi connectivity index (χ3n) is 2.67. The van der Waals surface area contributed by atoms with Crippen LogP contribution in [0.4, 0.5) is 28.3 Å². The molecule has 0 atom stereocenters. The highest BCUT2D eigenvalue weighted by Crippen LogP contribution is 2.13. The van der Waals surface area contributed by atoms with Crippen LogP contribution >= 0.6 is 0 Å². The van der Waals surface area contributed by atoms with Crippen LogP contribution < -0.4 is 20.4 Å². The number of para-hydroxylation sites is 1. The summed E-state index contributed by atoms with van der Waals surface area (Å²) in [7, 11) is 7.29. The number of hydrogen-bond donors (Lipinski definition) is 2. The second-order valence-corrected chi connectivity index (χ2v) is 4.99. The lowest BCUT2D eigenvalue weighted by molar-refractivity contribution is 0.262. The van der Waals surface area contributed by atoms with Crippen molar-refractivity contribution in [1.82, 2.24) is 15.0 Å². The van der Waals surface area contributed by atoms with Crippen LogP contribution in [0.2, 0.25) is 0 Å². The fraction of sp³-hybridized carbons (Fsp3) is 0.286. The number of anilines is 4. The molecule has 0 aliphatic carbocycles. The van der Waals surface area contributed by atoms with Gasteiger partial charge in [0.25, 0.3) is 0 Å². The van der Waals surface area contributed by atoms with E-state index >= 15 is 0 Å². The molecule has 2 amide bonds. The Bertz CT molecular complexity index is 617. The first-order valence-electron chi connectivity index (χ1n) is 6.69. The van der Waals surface area contributed by atoms with E-state index in [1.807, 2.05) is 46.4 Å². The van der Waals surface area contributed by atoms with E-state index in [-0.39, 0.29) is 5.95 Å². The summed E-state index contributed by atoms with van der Waals surface area (Å²) < 4.78 is 0. The van der Waals surface area contributed by atoms with Crippen LogP contribution in [-0.2, 0) is 0 Å². The molecule has 0 saturated carbocycles. The summed E-state index contributed by atoms with van der Waals surface area (Å²) >= 11 is 0. The quantitative estimate of drug-likeness (QED) is 0.893. The standard InChI is InChI=1S/C14H19N7O/c1-20(2)12-16-11(17-13(19-12)21(3)4)18-14(22)15-10-8-6-5-7-9-10/h5-9H,1-4H3,(H2,15,16,17,18,19,22). The molecule has 0 aliphatic heterocycles. The maximum absolute atomic E-state index is 12.0. The molecule has 116 valence electrons. The monoisotopic (exact) mass is 301 g/mol. The van der Waals surface area contributed by atoms with Gasteiger partial charge in [-0.3, -0.25) is 5.32 Å². The van der Waals surface area contributed by atoms with E-state index in [4.69, 9.17) is 0 Å². The summed E-state index contributed by atoms with van der Waals surface area (Å²) in [6, 6.07) is 8.74. The molecule has 8 heteroatoms. The number of carbonyl (C=O) groups is 1. The van der Waals surface area contributed by atoms with E-state index in [9.17, 15) is 4.79 Å². The Morgan fingerprint density at radius 3 is 1.91 bits per heavy atom. The lowest BCUT2D eigenvalue weighted by atomic mass is 10.3. The van der Waals surface area contributed by atoms with Gasteiger partial charge in [0, 0.05) is 33.9 Å². The molecule has 1 aromatic carbocycles. The summed E-state index contributed by atoms with van der Waals surface area (Å²) in [4.78, 5) is 28.2. The Hall–Kier alpha value is -2.90. The van der Waals surface area contributed by atoms with Crippen LogP contribution in [0.5, 0.6) is 0 Å². The normalized spacial score (nSPS) is 10.0. The first kappa shape index (κ1) is 15.5. The summed E-state index contributed by atoms with van der Waals surface area (Å²) in [6.07, 6.45) is 0. The first-order chi connectivity index (χ1) is 10.5. The highest BCUT2D eigenvalue weighted by molar-refractivity contribution is 5.98. The van der Waals surface area contributed by atoms with Crippen molar-refractivity contribution in [3.63, 3.8) is 0 Å². The maximum atomic E-state index is 12.0. The van der Waals surface area contributed by atoms with Crippen LogP contribution in [0.1, 0.15) is 0 Å². The van der Waals surface area contributed by atoms with E-state index in [0.717, 1.165) is 0 Å². The molecule has 0 radical (unpaired) electrons. The molecule has 0 saturated heterocycles. The summed E-state index contributed by atoms with van der Waals surface area (Å²) in [6.45, 7) is 0. The predicted octanol–water partition coefficient (Wildman–Crippen LogP) is 1.65. The van der Waals surface area contributed by atoms with Crippen LogP contribution in [-0.4, -0.2) is 49.2 Å². The van der Waals surface area contributed by atoms with Gasteiger partial charge in [-0.2, -0.15) is 15.0 Å². The minimum atomic E-state index is -0.410. The van der Waals surface area contributed by atoms with Crippen LogP contribution in [0, 0.1) is 0 Å². The Labute approximate surface area is 129 Å². The molecular formula is C14H19N7O. The molecule has 2 N–H and O–H groups in total. The van der Waals surface area contributed by atoms with Crippen LogP contribution in [0.3, 0.4) is 0 Å². The van der Waals surface area contributed by atoms with Gasteiger partial charge >= 0.3 is 6.03 Å². The number of nitrogens with zero attached hydrogens (tertiary/aromatic N) is 5. The largest absolute Gasteiger partial charge is 0.347 e. The highest BCUT2D eigenvalue weighted by Gasteiger charge is 2.12. The number of aromatic nitrogens is 3. The van der Waals surface area contributed by atoms with Crippen molar-refractivity contribution in [2.75, 3.05) is 48.6 Å². The number of carbonyl (C=O) groups excluding carboxylic acids is 1. The van der Waals surface area contributed by atoms with Gasteiger partial charge in [0.05, 0.1) is 0 Å². The zero-order valence-corrected chi connectivity index (χ0v) is 13.0. The fourth-order valence-electron chi connectivity index (χ4n) is 1.60. The summed E-state index contributed by atoms with van der Waals surface area (Å²) in [5, 5.41) is 5.33. The van der Waals surface area contributed by atoms with Gasteiger partial charge in [0.2, 0.25) is 17.8 Å². The molecule has 0 spiro atoms. The molecule has 0 unspecified atom stereocenters. The number of benzene rings is 1. The van der Waals surface area contributed by atoms with E-state index < -0.39 is 6.03 Å². The Morgan fingerprint density at radius 2 is 1.41 bits per heavy atom. The average molecular weight is 301 g/mol. The predicted molar refractivity (Wildman–Crippen MR) is 87.6 cm³/mol.